The van der Waals surface area contributed by atoms with Gasteiger partial charge in [0.15, 0.2) is 10.8 Å². The number of rotatable bonds is 10. The fourth-order valence-corrected chi connectivity index (χ4v) is 5.85. The lowest BCUT2D eigenvalue weighted by atomic mass is 10.0. The van der Waals surface area contributed by atoms with Crippen molar-refractivity contribution in [1.82, 2.24) is 15.2 Å². The van der Waals surface area contributed by atoms with Gasteiger partial charge in [0.25, 0.3) is 11.8 Å². The Morgan fingerprint density at radius 3 is 3.00 bits per heavy atom. The van der Waals surface area contributed by atoms with Crippen LogP contribution in [0.2, 0.25) is 0 Å². The zero-order valence-electron chi connectivity index (χ0n) is 16.9. The maximum absolute atomic E-state index is 12.8. The van der Waals surface area contributed by atoms with Crippen molar-refractivity contribution < 1.29 is 29.1 Å². The monoisotopic (exact) mass is 508 g/mol. The van der Waals surface area contributed by atoms with Gasteiger partial charge < -0.3 is 20.6 Å². The molecule has 0 spiro atoms. The van der Waals surface area contributed by atoms with Gasteiger partial charge in [-0.15, -0.1) is 34.9 Å². The first-order valence-corrected chi connectivity index (χ1v) is 12.0. The van der Waals surface area contributed by atoms with Crippen LogP contribution in [-0.4, -0.2) is 74.9 Å². The predicted octanol–water partition coefficient (Wildman–Crippen LogP) is 0.571. The lowest BCUT2D eigenvalue weighted by Crippen LogP contribution is -2.71. The molecule has 1 fully saturated rings. The topological polar surface area (TPSA) is 174 Å². The summed E-state index contributed by atoms with van der Waals surface area (Å²) in [6, 6.07) is 0.889. The summed E-state index contributed by atoms with van der Waals surface area (Å²) in [6.45, 7) is 0. The molecule has 2 aliphatic rings. The molecule has 1 aromatic rings. The van der Waals surface area contributed by atoms with Crippen LogP contribution in [0.15, 0.2) is 33.3 Å². The number of nitriles is 1. The molecule has 172 valence electrons. The number of carboxylic acids is 1. The van der Waals surface area contributed by atoms with Gasteiger partial charge in [0.2, 0.25) is 6.41 Å². The summed E-state index contributed by atoms with van der Waals surface area (Å²) in [5.74, 6) is -1.88. The average Bonchev–Trinajstić information content (AvgIpc) is 3.26. The Hall–Kier alpha value is -3.35. The highest BCUT2D eigenvalue weighted by Crippen LogP contribution is 2.41. The van der Waals surface area contributed by atoms with Gasteiger partial charge in [-0.25, -0.2) is 9.78 Å². The minimum atomic E-state index is -1.24. The van der Waals surface area contributed by atoms with Crippen LogP contribution in [0.1, 0.15) is 5.69 Å². The molecule has 15 heteroatoms. The molecule has 1 saturated heterocycles. The summed E-state index contributed by atoms with van der Waals surface area (Å²) in [6.07, 6.45) is 1.72. The van der Waals surface area contributed by atoms with Crippen LogP contribution >= 0.6 is 34.9 Å². The normalized spacial score (nSPS) is 20.1. The Labute approximate surface area is 199 Å². The average molecular weight is 509 g/mol. The third-order valence-corrected chi connectivity index (χ3v) is 7.32. The number of anilines is 1. The van der Waals surface area contributed by atoms with Gasteiger partial charge in [0.1, 0.15) is 29.9 Å². The van der Waals surface area contributed by atoms with Gasteiger partial charge in [-0.2, -0.15) is 5.26 Å². The number of carbonyl (C=O) groups excluding carboxylic acids is 3. The summed E-state index contributed by atoms with van der Waals surface area (Å²) in [4.78, 5) is 58.0. The van der Waals surface area contributed by atoms with E-state index in [2.05, 4.69) is 20.8 Å². The van der Waals surface area contributed by atoms with Crippen molar-refractivity contribution in [3.05, 3.63) is 33.8 Å². The van der Waals surface area contributed by atoms with Crippen molar-refractivity contribution in [3.8, 4) is 6.07 Å². The van der Waals surface area contributed by atoms with E-state index in [0.717, 1.165) is 16.2 Å². The molecule has 1 aromatic heterocycles. The number of thiazole rings is 1. The Morgan fingerprint density at radius 1 is 1.55 bits per heavy atom. The Morgan fingerprint density at radius 2 is 2.33 bits per heavy atom. The second-order valence-corrected chi connectivity index (χ2v) is 9.14. The van der Waals surface area contributed by atoms with Crippen LogP contribution in [0.5, 0.6) is 0 Å². The number of fused-ring (bicyclic) bond motifs is 1. The van der Waals surface area contributed by atoms with E-state index >= 15 is 0 Å². The summed E-state index contributed by atoms with van der Waals surface area (Å²) < 4.78 is 0. The van der Waals surface area contributed by atoms with Crippen LogP contribution in [0.4, 0.5) is 5.13 Å². The number of amides is 3. The molecule has 0 bridgehead atoms. The molecule has 3 heterocycles. The lowest BCUT2D eigenvalue weighted by Gasteiger charge is -2.49. The van der Waals surface area contributed by atoms with E-state index in [1.165, 1.54) is 42.1 Å². The van der Waals surface area contributed by atoms with E-state index in [-0.39, 0.29) is 22.2 Å². The molecule has 0 aliphatic carbocycles. The van der Waals surface area contributed by atoms with Crippen LogP contribution < -0.4 is 10.6 Å². The molecule has 3 N–H and O–H groups in total. The van der Waals surface area contributed by atoms with E-state index in [1.54, 1.807) is 5.41 Å². The second kappa shape index (κ2) is 11.0. The molecule has 1 unspecified atom stereocenters. The van der Waals surface area contributed by atoms with Crippen LogP contribution in [-0.2, 0) is 24.0 Å². The summed E-state index contributed by atoms with van der Waals surface area (Å²) in [5.41, 5.74) is 0.380. The largest absolute Gasteiger partial charge is 0.477 e. The molecular weight excluding hydrogens is 492 g/mol. The van der Waals surface area contributed by atoms with E-state index < -0.39 is 29.2 Å². The first-order valence-electron chi connectivity index (χ1n) is 9.07. The fraction of sp³-hybridized carbons (Fsp3) is 0.278. The number of β-lactam (4-membered cyclic amide) rings is 1. The zero-order valence-corrected chi connectivity index (χ0v) is 19.3. The molecule has 12 nitrogen and oxygen atoms in total. The maximum atomic E-state index is 12.8. The fourth-order valence-electron chi connectivity index (χ4n) is 3.03. The Balaban J connectivity index is 1.75. The number of aliphatic carboxylic acids is 1. The number of carbonyl (C=O) groups is 4. The van der Waals surface area contributed by atoms with E-state index in [0.29, 0.717) is 23.5 Å². The number of hydrogen-bond acceptors (Lipinski definition) is 11. The molecule has 3 rings (SSSR count). The number of oxime groups is 1. The molecule has 0 saturated carbocycles. The van der Waals surface area contributed by atoms with Gasteiger partial charge in [-0.1, -0.05) is 5.16 Å². The van der Waals surface area contributed by atoms with Crippen LogP contribution in [0.3, 0.4) is 0 Å². The maximum Gasteiger partial charge on any atom is 0.352 e. The minimum Gasteiger partial charge on any atom is -0.477 e. The molecule has 33 heavy (non-hydrogen) atoms. The van der Waals surface area contributed by atoms with Crippen molar-refractivity contribution in [1.29, 1.82) is 5.26 Å². The number of allylic oxidation sites excluding steroid dienone is 1. The van der Waals surface area contributed by atoms with E-state index in [4.69, 9.17) is 10.1 Å². The van der Waals surface area contributed by atoms with Crippen LogP contribution in [0.25, 0.3) is 0 Å². The highest BCUT2D eigenvalue weighted by atomic mass is 32.2. The summed E-state index contributed by atoms with van der Waals surface area (Å²) >= 11 is 3.65. The zero-order chi connectivity index (χ0) is 24.0. The van der Waals surface area contributed by atoms with Gasteiger partial charge in [0, 0.05) is 23.0 Å². The highest BCUT2D eigenvalue weighted by molar-refractivity contribution is 8.02. The number of hydrogen-bond donors (Lipinski definition) is 3. The van der Waals surface area contributed by atoms with Gasteiger partial charge in [-0.3, -0.25) is 19.3 Å². The number of thioether (sulfide) groups is 2. The minimum absolute atomic E-state index is 0.109. The molecular formula is C18H16N6O6S3. The van der Waals surface area contributed by atoms with Crippen molar-refractivity contribution in [2.45, 2.75) is 11.4 Å². The van der Waals surface area contributed by atoms with E-state index in [1.807, 2.05) is 6.07 Å². The standard InChI is InChI=1S/C18H16N6O6S3/c1-30-23-11(10-7-33-18(21-10)20-8-25)14(26)22-12-15(27)24-13(17(28)29)9(6-32-16(12)24)5-31-4-2-3-19/h2,4,7-8,12,16H,5-6H2,1H3,(H,22,26)(H,28,29)(H,20,21,25)/b4-2+,23-11?/t12?,16-/m0/s1. The summed E-state index contributed by atoms with van der Waals surface area (Å²) in [7, 11) is 1.24. The highest BCUT2D eigenvalue weighted by Gasteiger charge is 2.54. The number of aromatic nitrogens is 1. The Kier molecular flexibility index (Phi) is 8.09. The first kappa shape index (κ1) is 24.3. The van der Waals surface area contributed by atoms with Gasteiger partial charge in [0.05, 0.1) is 6.07 Å². The Bertz CT molecular complexity index is 1110. The SMILES string of the molecule is CON=C(C(=O)NC1C(=O)N2C(C(=O)O)=C(CS/C=C/C#N)CS[C@@H]12)c1csc(NC=O)n1. The quantitative estimate of drug-likeness (QED) is 0.133. The number of nitrogens with one attached hydrogen (secondary N) is 2. The lowest BCUT2D eigenvalue weighted by molar-refractivity contribution is -0.150. The van der Waals surface area contributed by atoms with Gasteiger partial charge in [-0.05, 0) is 11.0 Å². The van der Waals surface area contributed by atoms with Crippen LogP contribution in [0, 0.1) is 11.3 Å². The van der Waals surface area contributed by atoms with Crippen molar-refractivity contribution >= 4 is 69.9 Å². The van der Waals surface area contributed by atoms with Gasteiger partial charge >= 0.3 is 5.97 Å². The second-order valence-electron chi connectivity index (χ2n) is 6.28. The number of carboxylic acid groups (broad SMARTS) is 1. The molecule has 0 radical (unpaired) electrons. The molecule has 3 amide bonds. The van der Waals surface area contributed by atoms with Crippen molar-refractivity contribution in [2.24, 2.45) is 5.16 Å². The molecule has 2 aliphatic heterocycles. The smallest absolute Gasteiger partial charge is 0.352 e. The van der Waals surface area contributed by atoms with Crippen molar-refractivity contribution in [3.63, 3.8) is 0 Å². The number of nitrogens with zero attached hydrogens (tertiary/aromatic N) is 4. The third-order valence-electron chi connectivity index (χ3n) is 4.36. The predicted molar refractivity (Wildman–Crippen MR) is 122 cm³/mol. The first-order chi connectivity index (χ1) is 15.9. The van der Waals surface area contributed by atoms with Crippen molar-refractivity contribution in [2.75, 3.05) is 23.9 Å². The molecule has 0 aromatic carbocycles. The molecule has 2 atom stereocenters. The van der Waals surface area contributed by atoms with E-state index in [9.17, 15) is 24.3 Å². The third kappa shape index (κ3) is 5.18. The summed E-state index contributed by atoms with van der Waals surface area (Å²) in [5, 5.41) is 29.5.